The molecular weight excluding hydrogens is 230 g/mol. The van der Waals surface area contributed by atoms with Crippen LogP contribution in [-0.2, 0) is 11.3 Å². The van der Waals surface area contributed by atoms with E-state index >= 15 is 0 Å². The minimum Gasteiger partial charge on any atom is -0.388 e. The molecule has 18 heavy (non-hydrogen) atoms. The van der Waals surface area contributed by atoms with E-state index in [4.69, 9.17) is 4.74 Å². The Morgan fingerprint density at radius 3 is 2.50 bits per heavy atom. The van der Waals surface area contributed by atoms with Crippen molar-refractivity contribution in [3.05, 3.63) is 35.4 Å². The first-order valence-electron chi connectivity index (χ1n) is 6.07. The number of carbonyl (C=O) groups excluding carboxylic acids is 1. The molecule has 4 heteroatoms. The summed E-state index contributed by atoms with van der Waals surface area (Å²) in [5, 5.41) is 12.5. The highest BCUT2D eigenvalue weighted by Gasteiger charge is 2.18. The van der Waals surface area contributed by atoms with Gasteiger partial charge in [0.2, 0.25) is 0 Å². The van der Waals surface area contributed by atoms with Crippen LogP contribution in [0.2, 0.25) is 0 Å². The highest BCUT2D eigenvalue weighted by atomic mass is 16.5. The summed E-state index contributed by atoms with van der Waals surface area (Å²) < 4.78 is 5.00. The molecule has 1 rings (SSSR count). The molecule has 0 spiro atoms. The number of ether oxygens (including phenoxy) is 1. The van der Waals surface area contributed by atoms with Gasteiger partial charge in [-0.05, 0) is 31.0 Å². The normalized spacial score (nSPS) is 14.0. The van der Waals surface area contributed by atoms with Crippen LogP contribution < -0.4 is 5.32 Å². The van der Waals surface area contributed by atoms with Crippen LogP contribution in [-0.4, -0.2) is 30.3 Å². The monoisotopic (exact) mass is 251 g/mol. The molecule has 0 aromatic heterocycles. The van der Waals surface area contributed by atoms with Crippen LogP contribution in [0.4, 0.5) is 0 Å². The first-order valence-corrected chi connectivity index (χ1v) is 6.07. The molecule has 0 saturated carbocycles. The molecule has 2 N–H and O–H groups in total. The van der Waals surface area contributed by atoms with E-state index in [-0.39, 0.29) is 12.5 Å². The predicted octanol–water partition coefficient (Wildman–Crippen LogP) is 1.72. The number of amides is 1. The second kappa shape index (κ2) is 6.52. The fraction of sp³-hybridized carbons (Fsp3) is 0.500. The summed E-state index contributed by atoms with van der Waals surface area (Å²) in [6.07, 6.45) is 0.597. The van der Waals surface area contributed by atoms with Crippen LogP contribution in [0.1, 0.15) is 36.2 Å². The van der Waals surface area contributed by atoms with Gasteiger partial charge in [0.05, 0.1) is 12.2 Å². The van der Waals surface area contributed by atoms with Gasteiger partial charge in [0, 0.05) is 19.2 Å². The zero-order valence-electron chi connectivity index (χ0n) is 11.2. The Bertz CT molecular complexity index is 385. The van der Waals surface area contributed by atoms with Crippen molar-refractivity contribution < 1.29 is 14.6 Å². The molecule has 0 aliphatic carbocycles. The molecule has 1 aromatic carbocycles. The Balaban J connectivity index is 2.56. The summed E-state index contributed by atoms with van der Waals surface area (Å²) in [6, 6.07) is 7.22. The molecule has 0 heterocycles. The van der Waals surface area contributed by atoms with E-state index < -0.39 is 5.60 Å². The third kappa shape index (κ3) is 4.47. The molecular formula is C14H21NO3. The van der Waals surface area contributed by atoms with Gasteiger partial charge in [0.25, 0.3) is 5.91 Å². The summed E-state index contributed by atoms with van der Waals surface area (Å²) in [5.41, 5.74) is 0.752. The number of methoxy groups -OCH3 is 1. The summed E-state index contributed by atoms with van der Waals surface area (Å²) in [4.78, 5) is 11.8. The number of benzene rings is 1. The molecule has 1 atom stereocenters. The smallest absolute Gasteiger partial charge is 0.251 e. The van der Waals surface area contributed by atoms with Crippen molar-refractivity contribution in [1.29, 1.82) is 0 Å². The maximum Gasteiger partial charge on any atom is 0.251 e. The third-order valence-corrected chi connectivity index (χ3v) is 2.92. The number of rotatable bonds is 6. The van der Waals surface area contributed by atoms with E-state index in [0.717, 1.165) is 5.56 Å². The first-order chi connectivity index (χ1) is 8.48. The lowest BCUT2D eigenvalue weighted by molar-refractivity contribution is 0.0518. The van der Waals surface area contributed by atoms with Gasteiger partial charge in [0.15, 0.2) is 0 Å². The van der Waals surface area contributed by atoms with E-state index in [2.05, 4.69) is 5.32 Å². The topological polar surface area (TPSA) is 58.6 Å². The second-order valence-electron chi connectivity index (χ2n) is 4.66. The number of aliphatic hydroxyl groups is 1. The summed E-state index contributed by atoms with van der Waals surface area (Å²) >= 11 is 0. The van der Waals surface area contributed by atoms with E-state index in [1.807, 2.05) is 19.1 Å². The Morgan fingerprint density at radius 1 is 1.39 bits per heavy atom. The van der Waals surface area contributed by atoms with Gasteiger partial charge in [-0.1, -0.05) is 19.1 Å². The van der Waals surface area contributed by atoms with Crippen molar-refractivity contribution in [2.24, 2.45) is 0 Å². The Kier molecular flexibility index (Phi) is 5.31. The van der Waals surface area contributed by atoms with Crippen molar-refractivity contribution in [2.45, 2.75) is 32.5 Å². The fourth-order valence-electron chi connectivity index (χ4n) is 1.42. The largest absolute Gasteiger partial charge is 0.388 e. The van der Waals surface area contributed by atoms with E-state index in [1.165, 1.54) is 0 Å². The quantitative estimate of drug-likeness (QED) is 0.809. The zero-order valence-corrected chi connectivity index (χ0v) is 11.2. The Labute approximate surface area is 108 Å². The molecule has 0 aliphatic rings. The molecule has 1 aromatic rings. The minimum absolute atomic E-state index is 0.173. The van der Waals surface area contributed by atoms with Gasteiger partial charge in [0.1, 0.15) is 0 Å². The number of hydrogen-bond donors (Lipinski definition) is 2. The van der Waals surface area contributed by atoms with Crippen LogP contribution in [0.5, 0.6) is 0 Å². The Morgan fingerprint density at radius 2 is 2.00 bits per heavy atom. The van der Waals surface area contributed by atoms with Crippen molar-refractivity contribution in [2.75, 3.05) is 13.7 Å². The lowest BCUT2D eigenvalue weighted by atomic mass is 10.0. The highest BCUT2D eigenvalue weighted by molar-refractivity contribution is 5.94. The average molecular weight is 251 g/mol. The van der Waals surface area contributed by atoms with Crippen LogP contribution >= 0.6 is 0 Å². The van der Waals surface area contributed by atoms with Crippen LogP contribution in [0.15, 0.2) is 24.3 Å². The molecule has 0 aliphatic heterocycles. The molecule has 0 fully saturated rings. The van der Waals surface area contributed by atoms with Gasteiger partial charge in [-0.25, -0.2) is 0 Å². The highest BCUT2D eigenvalue weighted by Crippen LogP contribution is 2.08. The van der Waals surface area contributed by atoms with Crippen LogP contribution in [0.25, 0.3) is 0 Å². The molecule has 0 radical (unpaired) electrons. The standard InChI is InChI=1S/C14H21NO3/c1-4-14(2,17)10-15-13(16)12-7-5-11(6-8-12)9-18-3/h5-8,17H,4,9-10H2,1-3H3,(H,15,16). The van der Waals surface area contributed by atoms with Crippen molar-refractivity contribution in [3.63, 3.8) is 0 Å². The number of nitrogens with one attached hydrogen (secondary N) is 1. The summed E-state index contributed by atoms with van der Waals surface area (Å²) in [5.74, 6) is -0.173. The number of hydrogen-bond acceptors (Lipinski definition) is 3. The first kappa shape index (κ1) is 14.7. The SMILES string of the molecule is CCC(C)(O)CNC(=O)c1ccc(COC)cc1. The van der Waals surface area contributed by atoms with Crippen molar-refractivity contribution >= 4 is 5.91 Å². The fourth-order valence-corrected chi connectivity index (χ4v) is 1.42. The van der Waals surface area contributed by atoms with E-state index in [9.17, 15) is 9.90 Å². The summed E-state index contributed by atoms with van der Waals surface area (Å²) in [6.45, 7) is 4.37. The minimum atomic E-state index is -0.856. The molecule has 1 amide bonds. The van der Waals surface area contributed by atoms with Gasteiger partial charge in [-0.15, -0.1) is 0 Å². The molecule has 0 bridgehead atoms. The van der Waals surface area contributed by atoms with E-state index in [0.29, 0.717) is 18.6 Å². The average Bonchev–Trinajstić information content (AvgIpc) is 2.37. The molecule has 1 unspecified atom stereocenters. The van der Waals surface area contributed by atoms with Crippen LogP contribution in [0, 0.1) is 0 Å². The van der Waals surface area contributed by atoms with E-state index in [1.54, 1.807) is 26.2 Å². The Hall–Kier alpha value is -1.39. The zero-order chi connectivity index (χ0) is 13.6. The van der Waals surface area contributed by atoms with Crippen molar-refractivity contribution in [1.82, 2.24) is 5.32 Å². The maximum atomic E-state index is 11.8. The van der Waals surface area contributed by atoms with Crippen molar-refractivity contribution in [3.8, 4) is 0 Å². The molecule has 4 nitrogen and oxygen atoms in total. The lowest BCUT2D eigenvalue weighted by Gasteiger charge is -2.21. The lowest BCUT2D eigenvalue weighted by Crippen LogP contribution is -2.40. The molecule has 100 valence electrons. The van der Waals surface area contributed by atoms with Gasteiger partial charge in [-0.3, -0.25) is 4.79 Å². The third-order valence-electron chi connectivity index (χ3n) is 2.92. The number of carbonyl (C=O) groups is 1. The summed E-state index contributed by atoms with van der Waals surface area (Å²) in [7, 11) is 1.63. The predicted molar refractivity (Wildman–Crippen MR) is 70.4 cm³/mol. The van der Waals surface area contributed by atoms with Gasteiger partial charge >= 0.3 is 0 Å². The van der Waals surface area contributed by atoms with Crippen LogP contribution in [0.3, 0.4) is 0 Å². The van der Waals surface area contributed by atoms with Gasteiger partial charge in [-0.2, -0.15) is 0 Å². The molecule has 0 saturated heterocycles. The van der Waals surface area contributed by atoms with Gasteiger partial charge < -0.3 is 15.2 Å². The second-order valence-corrected chi connectivity index (χ2v) is 4.66. The maximum absolute atomic E-state index is 11.8.